The van der Waals surface area contributed by atoms with Gasteiger partial charge in [0.05, 0.1) is 12.1 Å². The second kappa shape index (κ2) is 6.67. The second-order valence-corrected chi connectivity index (χ2v) is 5.31. The van der Waals surface area contributed by atoms with E-state index in [9.17, 15) is 4.79 Å². The molecule has 0 N–H and O–H groups in total. The number of halogens is 1. The van der Waals surface area contributed by atoms with Crippen molar-refractivity contribution in [1.82, 2.24) is 4.98 Å². The number of ether oxygens (including phenoxy) is 2. The van der Waals surface area contributed by atoms with E-state index >= 15 is 0 Å². The summed E-state index contributed by atoms with van der Waals surface area (Å²) >= 11 is 6.20. The number of benzene rings is 2. The van der Waals surface area contributed by atoms with Crippen LogP contribution >= 0.6 is 11.6 Å². The standard InChI is InChI=1S/C18H14ClNO3/c1-22-18(21)16-17(23-11-12-6-3-2-4-7-12)13-8-5-9-15(19)14(13)10-20-16/h2-10H,11H2,1H3. The zero-order chi connectivity index (χ0) is 16.2. The number of esters is 1. The molecule has 4 nitrogen and oxygen atoms in total. The Morgan fingerprint density at radius 3 is 2.61 bits per heavy atom. The molecule has 23 heavy (non-hydrogen) atoms. The molecule has 0 spiro atoms. The Kier molecular flexibility index (Phi) is 4.44. The van der Waals surface area contributed by atoms with Gasteiger partial charge in [0, 0.05) is 17.0 Å². The molecule has 5 heteroatoms. The first-order valence-corrected chi connectivity index (χ1v) is 7.40. The maximum atomic E-state index is 12.0. The number of hydrogen-bond acceptors (Lipinski definition) is 4. The average molecular weight is 328 g/mol. The molecule has 0 fully saturated rings. The van der Waals surface area contributed by atoms with E-state index in [1.54, 1.807) is 18.3 Å². The summed E-state index contributed by atoms with van der Waals surface area (Å²) in [5.41, 5.74) is 1.13. The average Bonchev–Trinajstić information content (AvgIpc) is 2.60. The SMILES string of the molecule is COC(=O)c1ncc2c(Cl)cccc2c1OCc1ccccc1. The van der Waals surface area contributed by atoms with E-state index in [4.69, 9.17) is 21.1 Å². The van der Waals surface area contributed by atoms with Crippen LogP contribution in [0, 0.1) is 0 Å². The molecule has 0 saturated carbocycles. The molecule has 0 aliphatic carbocycles. The van der Waals surface area contributed by atoms with E-state index in [-0.39, 0.29) is 5.69 Å². The summed E-state index contributed by atoms with van der Waals surface area (Å²) in [7, 11) is 1.31. The first-order valence-electron chi connectivity index (χ1n) is 7.03. The van der Waals surface area contributed by atoms with E-state index in [1.807, 2.05) is 36.4 Å². The molecule has 0 atom stereocenters. The zero-order valence-corrected chi connectivity index (χ0v) is 13.2. The lowest BCUT2D eigenvalue weighted by molar-refractivity contribution is 0.0589. The summed E-state index contributed by atoms with van der Waals surface area (Å²) in [5, 5.41) is 2.00. The molecule has 0 unspecified atom stereocenters. The van der Waals surface area contributed by atoms with Crippen LogP contribution in [0.15, 0.2) is 54.7 Å². The van der Waals surface area contributed by atoms with Crippen LogP contribution in [0.25, 0.3) is 10.8 Å². The molecular weight excluding hydrogens is 314 g/mol. The van der Waals surface area contributed by atoms with Crippen molar-refractivity contribution in [3.05, 3.63) is 71.0 Å². The number of rotatable bonds is 4. The fourth-order valence-corrected chi connectivity index (χ4v) is 2.52. The van der Waals surface area contributed by atoms with Crippen LogP contribution < -0.4 is 4.74 Å². The Labute approximate surface area is 138 Å². The van der Waals surface area contributed by atoms with Crippen LogP contribution in [0.3, 0.4) is 0 Å². The summed E-state index contributed by atoms with van der Waals surface area (Å²) in [4.78, 5) is 16.1. The molecule has 0 aliphatic heterocycles. The minimum atomic E-state index is -0.546. The number of aromatic nitrogens is 1. The van der Waals surface area contributed by atoms with E-state index in [0.717, 1.165) is 16.3 Å². The predicted octanol–water partition coefficient (Wildman–Crippen LogP) is 4.25. The van der Waals surface area contributed by atoms with Crippen LogP contribution in [0.2, 0.25) is 5.02 Å². The smallest absolute Gasteiger partial charge is 0.360 e. The molecule has 2 aromatic carbocycles. The van der Waals surface area contributed by atoms with Gasteiger partial charge in [-0.25, -0.2) is 9.78 Å². The highest BCUT2D eigenvalue weighted by Gasteiger charge is 2.19. The number of nitrogens with zero attached hydrogens (tertiary/aromatic N) is 1. The van der Waals surface area contributed by atoms with Crippen LogP contribution in [-0.2, 0) is 11.3 Å². The Hall–Kier alpha value is -2.59. The van der Waals surface area contributed by atoms with Crippen molar-refractivity contribution in [3.8, 4) is 5.75 Å². The lowest BCUT2D eigenvalue weighted by Crippen LogP contribution is -2.09. The first-order chi connectivity index (χ1) is 11.2. The Balaban J connectivity index is 2.07. The quantitative estimate of drug-likeness (QED) is 0.672. The second-order valence-electron chi connectivity index (χ2n) is 4.90. The van der Waals surface area contributed by atoms with Gasteiger partial charge in [0.1, 0.15) is 6.61 Å². The van der Waals surface area contributed by atoms with Gasteiger partial charge >= 0.3 is 5.97 Å². The number of pyridine rings is 1. The van der Waals surface area contributed by atoms with Crippen molar-refractivity contribution in [2.45, 2.75) is 6.61 Å². The van der Waals surface area contributed by atoms with Crippen LogP contribution in [0.4, 0.5) is 0 Å². The highest BCUT2D eigenvalue weighted by molar-refractivity contribution is 6.35. The minimum absolute atomic E-state index is 0.137. The molecule has 0 aliphatic rings. The lowest BCUT2D eigenvalue weighted by Gasteiger charge is -2.13. The van der Waals surface area contributed by atoms with E-state index in [2.05, 4.69) is 4.98 Å². The van der Waals surface area contributed by atoms with Gasteiger partial charge in [-0.2, -0.15) is 0 Å². The van der Waals surface area contributed by atoms with Crippen molar-refractivity contribution in [2.24, 2.45) is 0 Å². The van der Waals surface area contributed by atoms with Crippen molar-refractivity contribution >= 4 is 28.3 Å². The predicted molar refractivity (Wildman–Crippen MR) is 88.9 cm³/mol. The Morgan fingerprint density at radius 2 is 1.87 bits per heavy atom. The number of methoxy groups -OCH3 is 1. The number of carbonyl (C=O) groups excluding carboxylic acids is 1. The normalized spacial score (nSPS) is 10.5. The third-order valence-electron chi connectivity index (χ3n) is 3.44. The highest BCUT2D eigenvalue weighted by atomic mass is 35.5. The Bertz CT molecular complexity index is 850. The fraction of sp³-hybridized carbons (Fsp3) is 0.111. The van der Waals surface area contributed by atoms with Gasteiger partial charge in [-0.05, 0) is 11.6 Å². The van der Waals surface area contributed by atoms with Crippen molar-refractivity contribution < 1.29 is 14.3 Å². The van der Waals surface area contributed by atoms with Gasteiger partial charge < -0.3 is 9.47 Å². The summed E-state index contributed by atoms with van der Waals surface area (Å²) in [6.45, 7) is 0.318. The van der Waals surface area contributed by atoms with Crippen molar-refractivity contribution in [1.29, 1.82) is 0 Å². The molecule has 0 saturated heterocycles. The monoisotopic (exact) mass is 327 g/mol. The van der Waals surface area contributed by atoms with Crippen molar-refractivity contribution in [2.75, 3.05) is 7.11 Å². The molecular formula is C18H14ClNO3. The van der Waals surface area contributed by atoms with E-state index in [1.165, 1.54) is 7.11 Å². The number of carbonyl (C=O) groups is 1. The largest absolute Gasteiger partial charge is 0.486 e. The maximum absolute atomic E-state index is 12.0. The molecule has 0 amide bonds. The van der Waals surface area contributed by atoms with Gasteiger partial charge in [0.2, 0.25) is 0 Å². The summed E-state index contributed by atoms with van der Waals surface area (Å²) in [5.74, 6) is -0.171. The summed E-state index contributed by atoms with van der Waals surface area (Å²) < 4.78 is 10.7. The molecule has 3 aromatic rings. The van der Waals surface area contributed by atoms with Gasteiger partial charge in [0.25, 0.3) is 0 Å². The van der Waals surface area contributed by atoms with Crippen molar-refractivity contribution in [3.63, 3.8) is 0 Å². The number of fused-ring (bicyclic) bond motifs is 1. The molecule has 1 aromatic heterocycles. The lowest BCUT2D eigenvalue weighted by atomic mass is 10.1. The molecule has 0 bridgehead atoms. The van der Waals surface area contributed by atoms with Crippen LogP contribution in [0.5, 0.6) is 5.75 Å². The topological polar surface area (TPSA) is 48.4 Å². The molecule has 1 heterocycles. The maximum Gasteiger partial charge on any atom is 0.360 e. The van der Waals surface area contributed by atoms with Gasteiger partial charge in [0.15, 0.2) is 11.4 Å². The molecule has 3 rings (SSSR count). The Morgan fingerprint density at radius 1 is 1.09 bits per heavy atom. The summed E-state index contributed by atoms with van der Waals surface area (Å²) in [6.07, 6.45) is 1.55. The van der Waals surface area contributed by atoms with Crippen LogP contribution in [-0.4, -0.2) is 18.1 Å². The third-order valence-corrected chi connectivity index (χ3v) is 3.77. The van der Waals surface area contributed by atoms with Gasteiger partial charge in [-0.3, -0.25) is 0 Å². The highest BCUT2D eigenvalue weighted by Crippen LogP contribution is 2.33. The fourth-order valence-electron chi connectivity index (χ4n) is 2.30. The zero-order valence-electron chi connectivity index (χ0n) is 12.5. The molecule has 116 valence electrons. The van der Waals surface area contributed by atoms with Crippen LogP contribution in [0.1, 0.15) is 16.1 Å². The van der Waals surface area contributed by atoms with E-state index in [0.29, 0.717) is 17.4 Å². The third kappa shape index (κ3) is 3.12. The summed E-state index contributed by atoms with van der Waals surface area (Å²) in [6, 6.07) is 15.1. The first kappa shape index (κ1) is 15.3. The minimum Gasteiger partial charge on any atom is -0.486 e. The van der Waals surface area contributed by atoms with Gasteiger partial charge in [-0.1, -0.05) is 54.1 Å². The number of hydrogen-bond donors (Lipinski definition) is 0. The molecule has 0 radical (unpaired) electrons. The van der Waals surface area contributed by atoms with E-state index < -0.39 is 5.97 Å². The van der Waals surface area contributed by atoms with Gasteiger partial charge in [-0.15, -0.1) is 0 Å².